The summed E-state index contributed by atoms with van der Waals surface area (Å²) < 4.78 is 23.9. The molecule has 1 fully saturated rings. The zero-order valence-electron chi connectivity index (χ0n) is 24.4. The van der Waals surface area contributed by atoms with Crippen LogP contribution in [0.2, 0.25) is 0 Å². The van der Waals surface area contributed by atoms with Gasteiger partial charge >= 0.3 is 18.2 Å². The number of benzene rings is 1. The second kappa shape index (κ2) is 10.3. The van der Waals surface area contributed by atoms with Gasteiger partial charge in [-0.15, -0.1) is 0 Å². The smallest absolute Gasteiger partial charge is 0.469 e. The van der Waals surface area contributed by atoms with E-state index in [0.29, 0.717) is 13.0 Å². The molecular weight excluding hydrogens is 512 g/mol. The van der Waals surface area contributed by atoms with Crippen molar-refractivity contribution in [3.8, 4) is 0 Å². The number of piperidine rings is 1. The Kier molecular flexibility index (Phi) is 7.23. The summed E-state index contributed by atoms with van der Waals surface area (Å²) >= 11 is 0. The van der Waals surface area contributed by atoms with Crippen LogP contribution in [0.3, 0.4) is 0 Å². The quantitative estimate of drug-likeness (QED) is 0.268. The maximum Gasteiger partial charge on any atom is 0.509 e. The molecule has 216 valence electrons. The molecule has 0 unspecified atom stereocenters. The number of rotatable bonds is 2. The van der Waals surface area contributed by atoms with E-state index in [1.54, 1.807) is 31.4 Å². The molecule has 3 heterocycles. The minimum absolute atomic E-state index is 0.0692. The van der Waals surface area contributed by atoms with Crippen molar-refractivity contribution in [3.05, 3.63) is 47.7 Å². The monoisotopic (exact) mass is 552 g/mol. The Labute approximate surface area is 235 Å². The minimum atomic E-state index is -0.822. The predicted molar refractivity (Wildman–Crippen MR) is 149 cm³/mol. The van der Waals surface area contributed by atoms with Crippen LogP contribution in [0.15, 0.2) is 36.4 Å². The average molecular weight is 553 g/mol. The molecular formula is C31H40N2O7. The van der Waals surface area contributed by atoms with Crippen LogP contribution in [-0.4, -0.2) is 65.2 Å². The molecule has 3 aliphatic rings. The van der Waals surface area contributed by atoms with Gasteiger partial charge in [0.1, 0.15) is 23.2 Å². The molecule has 0 amide bonds. The molecule has 0 saturated carbocycles. The number of esters is 1. The van der Waals surface area contributed by atoms with E-state index in [1.807, 2.05) is 45.0 Å². The highest BCUT2D eigenvalue weighted by Crippen LogP contribution is 2.49. The number of methoxy groups -OCH3 is 1. The fraction of sp³-hybridized carbons (Fsp3) is 0.581. The van der Waals surface area contributed by atoms with Gasteiger partial charge in [0.05, 0.1) is 24.4 Å². The van der Waals surface area contributed by atoms with Gasteiger partial charge in [-0.1, -0.05) is 24.3 Å². The summed E-state index contributed by atoms with van der Waals surface area (Å²) in [5, 5.41) is 1.05. The summed E-state index contributed by atoms with van der Waals surface area (Å²) in [6.45, 7) is 12.4. The van der Waals surface area contributed by atoms with Crippen LogP contribution in [0.25, 0.3) is 10.9 Å². The van der Waals surface area contributed by atoms with Crippen LogP contribution >= 0.6 is 0 Å². The lowest BCUT2D eigenvalue weighted by Gasteiger charge is -2.49. The van der Waals surface area contributed by atoms with Gasteiger partial charge in [-0.3, -0.25) is 9.69 Å². The SMILES string of the molecule is COC(=O)[C@@H]1[C@H]2C[C@H]3c4c(c5ccccc5n4C(=O)OC(C)(C)C)CCN3C[C@@H]2C=C[C@@H]1OC(=O)OC(C)(C)C. The molecule has 0 radical (unpaired) electrons. The summed E-state index contributed by atoms with van der Waals surface area (Å²) in [7, 11) is 1.36. The van der Waals surface area contributed by atoms with Crippen molar-refractivity contribution in [2.75, 3.05) is 20.2 Å². The number of hydrogen-bond donors (Lipinski definition) is 0. The van der Waals surface area contributed by atoms with Gasteiger partial charge in [-0.05, 0) is 83.9 Å². The van der Waals surface area contributed by atoms with E-state index in [0.717, 1.165) is 35.1 Å². The first kappa shape index (κ1) is 28.2. The maximum absolute atomic E-state index is 13.6. The van der Waals surface area contributed by atoms with Gasteiger partial charge in [0.2, 0.25) is 0 Å². The number of hydrogen-bond acceptors (Lipinski definition) is 8. The van der Waals surface area contributed by atoms with Crippen molar-refractivity contribution in [2.24, 2.45) is 17.8 Å². The number of para-hydroxylation sites is 1. The second-order valence-corrected chi connectivity index (χ2v) is 13.0. The Morgan fingerprint density at radius 2 is 1.65 bits per heavy atom. The van der Waals surface area contributed by atoms with E-state index >= 15 is 0 Å². The summed E-state index contributed by atoms with van der Waals surface area (Å²) in [5.74, 6) is -1.22. The molecule has 1 saturated heterocycles. The lowest BCUT2D eigenvalue weighted by Crippen LogP contribution is -2.53. The number of carbonyl (C=O) groups excluding carboxylic acids is 3. The van der Waals surface area contributed by atoms with Crippen LogP contribution in [0.4, 0.5) is 9.59 Å². The summed E-state index contributed by atoms with van der Waals surface area (Å²) in [4.78, 5) is 41.8. The number of nitrogens with zero attached hydrogens (tertiary/aromatic N) is 2. The zero-order valence-corrected chi connectivity index (χ0v) is 24.4. The highest BCUT2D eigenvalue weighted by molar-refractivity contribution is 5.94. The Bertz CT molecular complexity index is 1350. The number of fused-ring (bicyclic) bond motifs is 6. The molecule has 2 aliphatic heterocycles. The Morgan fingerprint density at radius 1 is 0.950 bits per heavy atom. The topological polar surface area (TPSA) is 96.3 Å². The molecule has 9 nitrogen and oxygen atoms in total. The van der Waals surface area contributed by atoms with E-state index in [1.165, 1.54) is 7.11 Å². The van der Waals surface area contributed by atoms with Crippen molar-refractivity contribution in [1.29, 1.82) is 0 Å². The molecule has 40 heavy (non-hydrogen) atoms. The molecule has 0 spiro atoms. The lowest BCUT2D eigenvalue weighted by atomic mass is 9.67. The van der Waals surface area contributed by atoms with Crippen LogP contribution in [-0.2, 0) is 30.2 Å². The molecule has 0 N–H and O–H groups in total. The lowest BCUT2D eigenvalue weighted by molar-refractivity contribution is -0.155. The standard InChI is InChI=1S/C31H40N2O7/c1-30(2,3)39-28(35)33-22-11-9-8-10-19(22)20-14-15-32-17-18-12-13-24(38-29(36)40-31(4,5)6)25(27(34)37-7)21(18)16-23(32)26(20)33/h8-13,18,21,23-25H,14-17H2,1-7H3/t18-,21-,23-,24-,25+/m0/s1. The van der Waals surface area contributed by atoms with Crippen molar-refractivity contribution < 1.29 is 33.3 Å². The van der Waals surface area contributed by atoms with Gasteiger partial charge in [0.15, 0.2) is 0 Å². The van der Waals surface area contributed by atoms with Crippen LogP contribution in [0.5, 0.6) is 0 Å². The van der Waals surface area contributed by atoms with Gasteiger partial charge in [-0.2, -0.15) is 0 Å². The first-order valence-electron chi connectivity index (χ1n) is 14.0. The van der Waals surface area contributed by atoms with Crippen LogP contribution < -0.4 is 0 Å². The summed E-state index contributed by atoms with van der Waals surface area (Å²) in [5.41, 5.74) is 1.51. The molecule has 9 heteroatoms. The van der Waals surface area contributed by atoms with E-state index in [2.05, 4.69) is 11.0 Å². The van der Waals surface area contributed by atoms with Crippen molar-refractivity contribution in [2.45, 2.75) is 77.7 Å². The molecule has 1 aromatic heterocycles. The number of ether oxygens (including phenoxy) is 4. The first-order valence-corrected chi connectivity index (χ1v) is 14.0. The number of aromatic nitrogens is 1. The Hall–Kier alpha value is -3.33. The first-order chi connectivity index (χ1) is 18.8. The molecule has 1 aliphatic carbocycles. The molecule has 2 aromatic rings. The zero-order chi connectivity index (χ0) is 29.0. The summed E-state index contributed by atoms with van der Waals surface area (Å²) in [6, 6.07) is 7.82. The van der Waals surface area contributed by atoms with Crippen LogP contribution in [0.1, 0.15) is 65.3 Å². The van der Waals surface area contributed by atoms with Crippen LogP contribution in [0, 0.1) is 17.8 Å². The Morgan fingerprint density at radius 3 is 2.33 bits per heavy atom. The normalized spacial score (nSPS) is 26.3. The second-order valence-electron chi connectivity index (χ2n) is 13.0. The van der Waals surface area contributed by atoms with Crippen molar-refractivity contribution >= 4 is 29.1 Å². The van der Waals surface area contributed by atoms with Gasteiger partial charge < -0.3 is 18.9 Å². The van der Waals surface area contributed by atoms with E-state index < -0.39 is 41.4 Å². The molecule has 5 rings (SSSR count). The third-order valence-electron chi connectivity index (χ3n) is 7.95. The van der Waals surface area contributed by atoms with Gasteiger partial charge in [-0.25, -0.2) is 14.2 Å². The number of carbonyl (C=O) groups is 3. The highest BCUT2D eigenvalue weighted by atomic mass is 16.7. The Balaban J connectivity index is 1.53. The van der Waals surface area contributed by atoms with Crippen molar-refractivity contribution in [1.82, 2.24) is 9.47 Å². The minimum Gasteiger partial charge on any atom is -0.469 e. The molecule has 5 atom stereocenters. The average Bonchev–Trinajstić information content (AvgIpc) is 3.20. The fourth-order valence-electron chi connectivity index (χ4n) is 6.52. The van der Waals surface area contributed by atoms with E-state index in [9.17, 15) is 14.4 Å². The third-order valence-corrected chi connectivity index (χ3v) is 7.95. The highest BCUT2D eigenvalue weighted by Gasteiger charge is 2.50. The predicted octanol–water partition coefficient (Wildman–Crippen LogP) is 5.64. The molecule has 0 bridgehead atoms. The third kappa shape index (κ3) is 5.36. The summed E-state index contributed by atoms with van der Waals surface area (Å²) in [6.07, 6.45) is 3.21. The largest absolute Gasteiger partial charge is 0.509 e. The van der Waals surface area contributed by atoms with Gasteiger partial charge in [0.25, 0.3) is 0 Å². The maximum atomic E-state index is 13.6. The van der Waals surface area contributed by atoms with E-state index in [4.69, 9.17) is 18.9 Å². The van der Waals surface area contributed by atoms with Crippen molar-refractivity contribution in [3.63, 3.8) is 0 Å². The van der Waals surface area contributed by atoms with E-state index in [-0.39, 0.29) is 17.9 Å². The fourth-order valence-corrected chi connectivity index (χ4v) is 6.52. The molecule has 1 aromatic carbocycles. The van der Waals surface area contributed by atoms with Gasteiger partial charge in [0, 0.05) is 18.5 Å².